The van der Waals surface area contributed by atoms with Crippen molar-refractivity contribution in [3.05, 3.63) is 144 Å². The molecule has 67 heavy (non-hydrogen) atoms. The highest BCUT2D eigenvalue weighted by atomic mass is 16.8. The first-order valence-corrected chi connectivity index (χ1v) is 22.4. The summed E-state index contributed by atoms with van der Waals surface area (Å²) >= 11 is 0. The maximum atomic E-state index is 13.0. The van der Waals surface area contributed by atoms with Crippen LogP contribution >= 0.6 is 0 Å². The monoisotopic (exact) mass is 926 g/mol. The maximum Gasteiger partial charge on any atom is 0.509 e. The highest BCUT2D eigenvalue weighted by Crippen LogP contribution is 2.43. The van der Waals surface area contributed by atoms with Gasteiger partial charge in [-0.05, 0) is 11.1 Å². The second kappa shape index (κ2) is 19.9. The molecule has 2 unspecified atom stereocenters. The third-order valence-corrected chi connectivity index (χ3v) is 12.8. The van der Waals surface area contributed by atoms with Crippen molar-refractivity contribution in [3.63, 3.8) is 0 Å². The number of hydrogen-bond acceptors (Lipinski definition) is 18. The van der Waals surface area contributed by atoms with Crippen LogP contribution in [0.1, 0.15) is 34.8 Å². The van der Waals surface area contributed by atoms with E-state index >= 15 is 0 Å². The van der Waals surface area contributed by atoms with Crippen LogP contribution in [0.2, 0.25) is 0 Å². The van der Waals surface area contributed by atoms with E-state index in [1.54, 1.807) is 0 Å². The molecule has 7 aliphatic heterocycles. The number of carbonyl (C=O) groups is 2. The Balaban J connectivity index is 0.875. The van der Waals surface area contributed by atoms with Crippen molar-refractivity contribution in [3.8, 4) is 0 Å². The summed E-state index contributed by atoms with van der Waals surface area (Å²) in [6, 6.07) is 38.1. The standard InChI is InChI=1S/C49H50O18/c1-52-45-40(54-23-28-16-8-3-9-17-28)37(63-47-42-39(65-49(51)67-42)36-33(60-47)26-56-44(62-36)30-20-12-5-13-21-30)34(53-22-27-14-6-2-7-15-27)31(58-45)24-57-46-41-38(64-48(50)66-41)35-32(59-46)25-55-43(61-35)29-18-10-4-11-19-29/h2-21,31-47H,22-26H2,1H3/t31-,32-,33-,34-,35-,36-,37+,38+,39+,40+,41+,42+,43?,44?,45+,46+,47-/m1/s1. The summed E-state index contributed by atoms with van der Waals surface area (Å²) < 4.78 is 101. The van der Waals surface area contributed by atoms with Gasteiger partial charge in [0.15, 0.2) is 55.9 Å². The third-order valence-electron chi connectivity index (χ3n) is 12.8. The summed E-state index contributed by atoms with van der Waals surface area (Å²) in [4.78, 5) is 25.7. The fourth-order valence-electron chi connectivity index (χ4n) is 9.53. The van der Waals surface area contributed by atoms with Gasteiger partial charge in [0.1, 0.15) is 48.8 Å². The summed E-state index contributed by atoms with van der Waals surface area (Å²) in [6.07, 6.45) is -17.3. The number of hydrogen-bond donors (Lipinski definition) is 0. The molecule has 0 N–H and O–H groups in total. The molecule has 0 saturated carbocycles. The van der Waals surface area contributed by atoms with Gasteiger partial charge in [0.25, 0.3) is 0 Å². The van der Waals surface area contributed by atoms with E-state index in [0.29, 0.717) is 0 Å². The third kappa shape index (κ3) is 9.42. The van der Waals surface area contributed by atoms with Crippen LogP contribution in [0.5, 0.6) is 0 Å². The molecule has 7 aliphatic rings. The van der Waals surface area contributed by atoms with Crippen LogP contribution < -0.4 is 0 Å². The molecule has 17 atom stereocenters. The lowest BCUT2D eigenvalue weighted by Gasteiger charge is -2.49. The number of fused-ring (bicyclic) bond motifs is 6. The highest BCUT2D eigenvalue weighted by Gasteiger charge is 2.61. The van der Waals surface area contributed by atoms with Gasteiger partial charge in [-0.2, -0.15) is 0 Å². The number of rotatable bonds is 14. The van der Waals surface area contributed by atoms with Crippen LogP contribution in [-0.4, -0.2) is 131 Å². The number of methoxy groups -OCH3 is 1. The van der Waals surface area contributed by atoms with E-state index in [4.69, 9.17) is 75.8 Å². The molecule has 18 heteroatoms. The summed E-state index contributed by atoms with van der Waals surface area (Å²) in [5, 5.41) is 0. The van der Waals surface area contributed by atoms with Gasteiger partial charge in [-0.15, -0.1) is 0 Å². The molecular formula is C49H50O18. The minimum atomic E-state index is -1.23. The second-order valence-electron chi connectivity index (χ2n) is 17.0. The number of ether oxygens (including phenoxy) is 16. The van der Waals surface area contributed by atoms with E-state index in [1.165, 1.54) is 7.11 Å². The molecule has 11 rings (SSSR count). The first-order chi connectivity index (χ1) is 33.0. The lowest BCUT2D eigenvalue weighted by Crippen LogP contribution is -2.66. The highest BCUT2D eigenvalue weighted by molar-refractivity contribution is 5.63. The van der Waals surface area contributed by atoms with Gasteiger partial charge in [-0.25, -0.2) is 9.59 Å². The lowest BCUT2D eigenvalue weighted by molar-refractivity contribution is -0.384. The van der Waals surface area contributed by atoms with Crippen LogP contribution in [-0.2, 0) is 89.0 Å². The molecule has 7 fully saturated rings. The van der Waals surface area contributed by atoms with Crippen molar-refractivity contribution < 1.29 is 85.4 Å². The largest absolute Gasteiger partial charge is 0.509 e. The molecule has 4 aromatic carbocycles. The van der Waals surface area contributed by atoms with E-state index in [2.05, 4.69) is 0 Å². The lowest BCUT2D eigenvalue weighted by atomic mass is 9.95. The number of carbonyl (C=O) groups excluding carboxylic acids is 2. The summed E-state index contributed by atoms with van der Waals surface area (Å²) in [5.74, 6) is 0. The minimum absolute atomic E-state index is 0.0976. The van der Waals surface area contributed by atoms with E-state index < -0.39 is 117 Å². The smallest absolute Gasteiger partial charge is 0.424 e. The van der Waals surface area contributed by atoms with Gasteiger partial charge in [0, 0.05) is 18.2 Å². The Hall–Kier alpha value is -5.06. The van der Waals surface area contributed by atoms with Crippen molar-refractivity contribution >= 4 is 12.3 Å². The fraction of sp³-hybridized carbons (Fsp3) is 0.469. The zero-order valence-electron chi connectivity index (χ0n) is 36.2. The van der Waals surface area contributed by atoms with E-state index in [-0.39, 0.29) is 33.0 Å². The van der Waals surface area contributed by atoms with Crippen LogP contribution in [0.4, 0.5) is 9.59 Å². The minimum Gasteiger partial charge on any atom is -0.424 e. The van der Waals surface area contributed by atoms with Crippen molar-refractivity contribution in [2.45, 2.75) is 118 Å². The Kier molecular flexibility index (Phi) is 13.2. The van der Waals surface area contributed by atoms with Gasteiger partial charge < -0.3 is 75.8 Å². The molecule has 0 aromatic heterocycles. The Bertz CT molecular complexity index is 2260. The van der Waals surface area contributed by atoms with E-state index in [1.807, 2.05) is 121 Å². The summed E-state index contributed by atoms with van der Waals surface area (Å²) in [7, 11) is 1.49. The molecule has 0 aliphatic carbocycles. The molecule has 7 heterocycles. The van der Waals surface area contributed by atoms with E-state index in [0.717, 1.165) is 22.3 Å². The van der Waals surface area contributed by atoms with Gasteiger partial charge in [0.2, 0.25) is 0 Å². The zero-order valence-corrected chi connectivity index (χ0v) is 36.2. The Morgan fingerprint density at radius 2 is 0.925 bits per heavy atom. The fourth-order valence-corrected chi connectivity index (χ4v) is 9.53. The average molecular weight is 927 g/mol. The quantitative estimate of drug-likeness (QED) is 0.146. The van der Waals surface area contributed by atoms with Crippen LogP contribution in [0, 0.1) is 0 Å². The predicted molar refractivity (Wildman–Crippen MR) is 224 cm³/mol. The topological polar surface area (TPSA) is 182 Å². The van der Waals surface area contributed by atoms with Crippen LogP contribution in [0.25, 0.3) is 0 Å². The SMILES string of the molecule is CO[C@H]1O[C@H](CO[C@H]2O[C@@H]3COC(c4ccccc4)O[C@H]3[C@@H]3OC(=O)O[C@H]23)[C@@H](OCc2ccccc2)[C@H](O[C@H]2O[C@@H]3COC(c4ccccc4)O[C@H]3[C@@H]3OC(=O)O[C@H]23)[C@@H]1OCc1ccccc1. The van der Waals surface area contributed by atoms with Gasteiger partial charge in [0.05, 0.1) is 33.0 Å². The van der Waals surface area contributed by atoms with Gasteiger partial charge in [-0.1, -0.05) is 121 Å². The maximum absolute atomic E-state index is 13.0. The van der Waals surface area contributed by atoms with Gasteiger partial charge >= 0.3 is 12.3 Å². The Morgan fingerprint density at radius 1 is 0.463 bits per heavy atom. The Labute approximate surface area is 385 Å². The van der Waals surface area contributed by atoms with Crippen molar-refractivity contribution in [1.29, 1.82) is 0 Å². The molecule has 354 valence electrons. The van der Waals surface area contributed by atoms with Crippen molar-refractivity contribution in [1.82, 2.24) is 0 Å². The first-order valence-electron chi connectivity index (χ1n) is 22.4. The van der Waals surface area contributed by atoms with E-state index in [9.17, 15) is 9.59 Å². The van der Waals surface area contributed by atoms with Crippen LogP contribution in [0.15, 0.2) is 121 Å². The molecule has 0 amide bonds. The zero-order chi connectivity index (χ0) is 45.3. The normalized spacial score (nSPS) is 37.7. The van der Waals surface area contributed by atoms with Gasteiger partial charge in [-0.3, -0.25) is 0 Å². The molecule has 0 spiro atoms. The average Bonchev–Trinajstić information content (AvgIpc) is 3.98. The van der Waals surface area contributed by atoms with Crippen LogP contribution in [0.3, 0.4) is 0 Å². The second-order valence-corrected chi connectivity index (χ2v) is 17.0. The summed E-state index contributed by atoms with van der Waals surface area (Å²) in [5.41, 5.74) is 3.34. The molecule has 4 aromatic rings. The number of benzene rings is 4. The molecule has 0 bridgehead atoms. The predicted octanol–water partition coefficient (Wildman–Crippen LogP) is 5.42. The van der Waals surface area contributed by atoms with Crippen molar-refractivity contribution in [2.24, 2.45) is 0 Å². The molecular weight excluding hydrogens is 877 g/mol. The Morgan fingerprint density at radius 3 is 1.45 bits per heavy atom. The molecule has 18 nitrogen and oxygen atoms in total. The van der Waals surface area contributed by atoms with Crippen molar-refractivity contribution in [2.75, 3.05) is 26.9 Å². The molecule has 7 saturated heterocycles. The first kappa shape index (κ1) is 44.4. The molecule has 0 radical (unpaired) electrons. The summed E-state index contributed by atoms with van der Waals surface area (Å²) in [6.45, 7) is 0.296.